The van der Waals surface area contributed by atoms with Crippen molar-refractivity contribution in [2.75, 3.05) is 26.2 Å². The maximum Gasteiger partial charge on any atom is 0.0639 e. The van der Waals surface area contributed by atoms with Gasteiger partial charge in [0.1, 0.15) is 0 Å². The third-order valence-electron chi connectivity index (χ3n) is 4.11. The molecule has 0 aliphatic carbocycles. The first-order valence-corrected chi connectivity index (χ1v) is 7.80. The summed E-state index contributed by atoms with van der Waals surface area (Å²) in [6.45, 7) is 9.14. The molecule has 0 aromatic heterocycles. The number of aliphatic hydroxyl groups excluding tert-OH is 1. The van der Waals surface area contributed by atoms with E-state index < -0.39 is 0 Å². The van der Waals surface area contributed by atoms with Gasteiger partial charge in [0.05, 0.1) is 6.10 Å². The number of nitrogens with one attached hydrogen (secondary N) is 1. The van der Waals surface area contributed by atoms with Crippen LogP contribution in [0, 0.1) is 12.8 Å². The number of benzene rings is 1. The van der Waals surface area contributed by atoms with Gasteiger partial charge in [-0.1, -0.05) is 29.8 Å². The molecule has 0 radical (unpaired) electrons. The standard InChI is InChI=1S/C17H28N2O/c1-14-3-5-16(6-4-14)11-18-12-17-7-9-19(10-8-17)13-15(2)20/h3-6,15,17-18,20H,7-13H2,1-2H3/t15-/m0/s1. The molecule has 3 heteroatoms. The van der Waals surface area contributed by atoms with Crippen molar-refractivity contribution in [2.45, 2.75) is 39.3 Å². The minimum Gasteiger partial charge on any atom is -0.392 e. The summed E-state index contributed by atoms with van der Waals surface area (Å²) in [6, 6.07) is 8.75. The third kappa shape index (κ3) is 5.23. The second-order valence-corrected chi connectivity index (χ2v) is 6.21. The minimum atomic E-state index is -0.203. The van der Waals surface area contributed by atoms with Gasteiger partial charge < -0.3 is 15.3 Å². The molecule has 112 valence electrons. The van der Waals surface area contributed by atoms with E-state index in [0.29, 0.717) is 0 Å². The lowest BCUT2D eigenvalue weighted by Crippen LogP contribution is -2.40. The van der Waals surface area contributed by atoms with Crippen molar-refractivity contribution in [1.82, 2.24) is 10.2 Å². The summed E-state index contributed by atoms with van der Waals surface area (Å²) in [5.74, 6) is 0.783. The first-order chi connectivity index (χ1) is 9.63. The fourth-order valence-electron chi connectivity index (χ4n) is 2.87. The monoisotopic (exact) mass is 276 g/mol. The van der Waals surface area contributed by atoms with Crippen LogP contribution in [0.1, 0.15) is 30.9 Å². The zero-order valence-corrected chi connectivity index (χ0v) is 12.8. The van der Waals surface area contributed by atoms with E-state index in [1.807, 2.05) is 6.92 Å². The summed E-state index contributed by atoms with van der Waals surface area (Å²) in [4.78, 5) is 2.38. The van der Waals surface area contributed by atoms with Crippen LogP contribution >= 0.6 is 0 Å². The van der Waals surface area contributed by atoms with Gasteiger partial charge >= 0.3 is 0 Å². The molecule has 1 aliphatic heterocycles. The van der Waals surface area contributed by atoms with E-state index in [0.717, 1.165) is 38.6 Å². The topological polar surface area (TPSA) is 35.5 Å². The number of rotatable bonds is 6. The molecule has 1 aromatic carbocycles. The SMILES string of the molecule is Cc1ccc(CNCC2CCN(C[C@H](C)O)CC2)cc1. The summed E-state index contributed by atoms with van der Waals surface area (Å²) < 4.78 is 0. The molecule has 2 rings (SSSR count). The Kier molecular flexibility index (Phi) is 6.02. The highest BCUT2D eigenvalue weighted by Crippen LogP contribution is 2.16. The van der Waals surface area contributed by atoms with Crippen molar-refractivity contribution in [1.29, 1.82) is 0 Å². The van der Waals surface area contributed by atoms with Crippen LogP contribution in [0.15, 0.2) is 24.3 Å². The molecule has 0 spiro atoms. The Morgan fingerprint density at radius 3 is 2.50 bits per heavy atom. The molecule has 2 N–H and O–H groups in total. The van der Waals surface area contributed by atoms with Gasteiger partial charge in [0.15, 0.2) is 0 Å². The van der Waals surface area contributed by atoms with Crippen LogP contribution in [0.4, 0.5) is 0 Å². The van der Waals surface area contributed by atoms with Crippen LogP contribution in [-0.4, -0.2) is 42.3 Å². The van der Waals surface area contributed by atoms with E-state index in [2.05, 4.69) is 41.4 Å². The Hall–Kier alpha value is -0.900. The number of likely N-dealkylation sites (tertiary alicyclic amines) is 1. The smallest absolute Gasteiger partial charge is 0.0639 e. The number of aliphatic hydroxyl groups is 1. The van der Waals surface area contributed by atoms with Crippen LogP contribution < -0.4 is 5.32 Å². The first kappa shape index (κ1) is 15.5. The number of hydrogen-bond acceptors (Lipinski definition) is 3. The van der Waals surface area contributed by atoms with Gasteiger partial charge in [0.2, 0.25) is 0 Å². The fourth-order valence-corrected chi connectivity index (χ4v) is 2.87. The highest BCUT2D eigenvalue weighted by atomic mass is 16.3. The summed E-state index contributed by atoms with van der Waals surface area (Å²) in [7, 11) is 0. The Morgan fingerprint density at radius 1 is 1.25 bits per heavy atom. The molecular weight excluding hydrogens is 248 g/mol. The molecule has 1 aromatic rings. The van der Waals surface area contributed by atoms with E-state index in [9.17, 15) is 5.11 Å². The molecule has 1 aliphatic rings. The predicted molar refractivity (Wildman–Crippen MR) is 83.7 cm³/mol. The van der Waals surface area contributed by atoms with Crippen LogP contribution in [0.5, 0.6) is 0 Å². The van der Waals surface area contributed by atoms with Crippen molar-refractivity contribution in [3.8, 4) is 0 Å². The zero-order valence-electron chi connectivity index (χ0n) is 12.8. The first-order valence-electron chi connectivity index (χ1n) is 7.80. The molecule has 1 heterocycles. The Morgan fingerprint density at radius 2 is 1.90 bits per heavy atom. The minimum absolute atomic E-state index is 0.203. The van der Waals surface area contributed by atoms with Crippen LogP contribution in [0.25, 0.3) is 0 Å². The van der Waals surface area contributed by atoms with Crippen molar-refractivity contribution in [3.05, 3.63) is 35.4 Å². The molecule has 1 fully saturated rings. The largest absolute Gasteiger partial charge is 0.392 e. The van der Waals surface area contributed by atoms with Crippen LogP contribution in [0.2, 0.25) is 0 Å². The molecule has 1 atom stereocenters. The average Bonchev–Trinajstić information content (AvgIpc) is 2.42. The maximum absolute atomic E-state index is 9.40. The summed E-state index contributed by atoms with van der Waals surface area (Å²) >= 11 is 0. The van der Waals surface area contributed by atoms with Crippen molar-refractivity contribution in [2.24, 2.45) is 5.92 Å². The molecule has 0 unspecified atom stereocenters. The second kappa shape index (κ2) is 7.77. The van der Waals surface area contributed by atoms with Gasteiger partial charge in [-0.25, -0.2) is 0 Å². The number of hydrogen-bond donors (Lipinski definition) is 2. The molecule has 0 saturated carbocycles. The van der Waals surface area contributed by atoms with Gasteiger partial charge in [0.25, 0.3) is 0 Å². The second-order valence-electron chi connectivity index (χ2n) is 6.21. The Bertz CT molecular complexity index is 380. The Balaban J connectivity index is 1.62. The summed E-state index contributed by atoms with van der Waals surface area (Å²) in [5.41, 5.74) is 2.68. The lowest BCUT2D eigenvalue weighted by Gasteiger charge is -2.32. The van der Waals surface area contributed by atoms with E-state index in [4.69, 9.17) is 0 Å². The zero-order chi connectivity index (χ0) is 14.4. The van der Waals surface area contributed by atoms with E-state index >= 15 is 0 Å². The van der Waals surface area contributed by atoms with Gasteiger partial charge in [-0.05, 0) is 57.8 Å². The van der Waals surface area contributed by atoms with Gasteiger partial charge in [-0.15, -0.1) is 0 Å². The molecule has 1 saturated heterocycles. The van der Waals surface area contributed by atoms with Crippen molar-refractivity contribution < 1.29 is 5.11 Å². The number of piperidine rings is 1. The molecule has 0 bridgehead atoms. The number of β-amino-alcohol motifs (C(OH)–C–C–N with tert-alkyl or cyclic N) is 1. The van der Waals surface area contributed by atoms with E-state index in [1.165, 1.54) is 24.0 Å². The highest BCUT2D eigenvalue weighted by Gasteiger charge is 2.19. The highest BCUT2D eigenvalue weighted by molar-refractivity contribution is 5.21. The summed E-state index contributed by atoms with van der Waals surface area (Å²) in [5, 5.41) is 13.0. The van der Waals surface area contributed by atoms with Crippen LogP contribution in [-0.2, 0) is 6.54 Å². The number of aryl methyl sites for hydroxylation is 1. The normalized spacial score (nSPS) is 19.1. The van der Waals surface area contributed by atoms with Crippen LogP contribution in [0.3, 0.4) is 0 Å². The van der Waals surface area contributed by atoms with Gasteiger partial charge in [-0.3, -0.25) is 0 Å². The summed E-state index contributed by atoms with van der Waals surface area (Å²) in [6.07, 6.45) is 2.28. The fraction of sp³-hybridized carbons (Fsp3) is 0.647. The molecule has 0 amide bonds. The third-order valence-corrected chi connectivity index (χ3v) is 4.11. The Labute approximate surface area is 123 Å². The lowest BCUT2D eigenvalue weighted by molar-refractivity contribution is 0.0998. The quantitative estimate of drug-likeness (QED) is 0.836. The maximum atomic E-state index is 9.40. The van der Waals surface area contributed by atoms with E-state index in [-0.39, 0.29) is 6.10 Å². The van der Waals surface area contributed by atoms with Crippen molar-refractivity contribution >= 4 is 0 Å². The average molecular weight is 276 g/mol. The van der Waals surface area contributed by atoms with Gasteiger partial charge in [-0.2, -0.15) is 0 Å². The lowest BCUT2D eigenvalue weighted by atomic mass is 9.96. The predicted octanol–water partition coefficient (Wildman–Crippen LogP) is 2.18. The molecule has 3 nitrogen and oxygen atoms in total. The molecular formula is C17H28N2O. The van der Waals surface area contributed by atoms with E-state index in [1.54, 1.807) is 0 Å². The molecule has 20 heavy (non-hydrogen) atoms. The van der Waals surface area contributed by atoms with Gasteiger partial charge in [0, 0.05) is 13.1 Å². The number of nitrogens with zero attached hydrogens (tertiary/aromatic N) is 1. The van der Waals surface area contributed by atoms with Crippen molar-refractivity contribution in [3.63, 3.8) is 0 Å².